The van der Waals surface area contributed by atoms with Crippen LogP contribution in [0.1, 0.15) is 25.2 Å². The predicted octanol–water partition coefficient (Wildman–Crippen LogP) is 3.47. The number of rotatable bonds is 5. The van der Waals surface area contributed by atoms with Crippen LogP contribution in [0.5, 0.6) is 0 Å². The fourth-order valence-corrected chi connectivity index (χ4v) is 4.72. The molecule has 1 aliphatic heterocycles. The SMILES string of the molecule is Cc1nn(C)cc1-c1c[nH]c2nccc(NCc3cccc(N4C[C@@H](C)N[C@@H](C)C4)n3)c12. The number of nitrogens with zero attached hydrogens (tertiary/aromatic N) is 5. The largest absolute Gasteiger partial charge is 0.379 e. The molecular formula is C24H30N8. The first kappa shape index (κ1) is 20.5. The Morgan fingerprint density at radius 1 is 1.12 bits per heavy atom. The van der Waals surface area contributed by atoms with Crippen LogP contribution in [0.15, 0.2) is 42.9 Å². The summed E-state index contributed by atoms with van der Waals surface area (Å²) in [5, 5.41) is 12.8. The molecule has 32 heavy (non-hydrogen) atoms. The first-order valence-corrected chi connectivity index (χ1v) is 11.2. The Morgan fingerprint density at radius 3 is 2.69 bits per heavy atom. The van der Waals surface area contributed by atoms with Crippen LogP contribution < -0.4 is 15.5 Å². The summed E-state index contributed by atoms with van der Waals surface area (Å²) in [7, 11) is 1.95. The molecule has 0 unspecified atom stereocenters. The molecule has 8 nitrogen and oxygen atoms in total. The van der Waals surface area contributed by atoms with Crippen molar-refractivity contribution in [3.63, 3.8) is 0 Å². The highest BCUT2D eigenvalue weighted by atomic mass is 15.3. The fourth-order valence-electron chi connectivity index (χ4n) is 4.72. The Morgan fingerprint density at radius 2 is 1.94 bits per heavy atom. The van der Waals surface area contributed by atoms with Gasteiger partial charge in [-0.1, -0.05) is 6.07 Å². The first-order chi connectivity index (χ1) is 15.5. The third-order valence-electron chi connectivity index (χ3n) is 6.01. The molecule has 8 heteroatoms. The smallest absolute Gasteiger partial charge is 0.139 e. The lowest BCUT2D eigenvalue weighted by Crippen LogP contribution is -2.54. The van der Waals surface area contributed by atoms with Crippen molar-refractivity contribution < 1.29 is 0 Å². The maximum absolute atomic E-state index is 4.95. The highest BCUT2D eigenvalue weighted by Crippen LogP contribution is 2.34. The monoisotopic (exact) mass is 430 g/mol. The second-order valence-electron chi connectivity index (χ2n) is 8.80. The summed E-state index contributed by atoms with van der Waals surface area (Å²) in [5.74, 6) is 1.04. The summed E-state index contributed by atoms with van der Waals surface area (Å²) in [4.78, 5) is 15.1. The highest BCUT2D eigenvalue weighted by Gasteiger charge is 2.22. The zero-order chi connectivity index (χ0) is 22.2. The second kappa shape index (κ2) is 8.27. The lowest BCUT2D eigenvalue weighted by Gasteiger charge is -2.37. The van der Waals surface area contributed by atoms with Gasteiger partial charge in [0.2, 0.25) is 0 Å². The molecule has 1 saturated heterocycles. The Balaban J connectivity index is 1.40. The number of piperazine rings is 1. The van der Waals surface area contributed by atoms with E-state index < -0.39 is 0 Å². The second-order valence-corrected chi connectivity index (χ2v) is 8.80. The standard InChI is InChI=1S/C24H30N8/c1-15-12-32(13-16(2)28-15)22-7-5-6-18(29-22)10-26-21-8-9-25-24-23(21)19(11-27-24)20-14-31(4)30-17(20)3/h5-9,11,14-16,28H,10,12-13H2,1-4H3,(H2,25,26,27)/t15-,16+. The molecule has 1 aliphatic rings. The summed E-state index contributed by atoms with van der Waals surface area (Å²) in [6.45, 7) is 9.06. The van der Waals surface area contributed by atoms with Crippen molar-refractivity contribution in [2.75, 3.05) is 23.3 Å². The molecule has 0 radical (unpaired) electrons. The molecule has 4 aromatic heterocycles. The molecule has 5 rings (SSSR count). The summed E-state index contributed by atoms with van der Waals surface area (Å²) in [6.07, 6.45) is 5.89. The lowest BCUT2D eigenvalue weighted by atomic mass is 10.1. The van der Waals surface area contributed by atoms with E-state index >= 15 is 0 Å². The van der Waals surface area contributed by atoms with Crippen LogP contribution in [0.4, 0.5) is 11.5 Å². The van der Waals surface area contributed by atoms with Crippen LogP contribution in [0, 0.1) is 6.92 Å². The molecule has 1 fully saturated rings. The highest BCUT2D eigenvalue weighted by molar-refractivity contribution is 6.02. The lowest BCUT2D eigenvalue weighted by molar-refractivity contribution is 0.405. The fraction of sp³-hybridized carbons (Fsp3) is 0.375. The Bertz CT molecular complexity index is 1230. The number of fused-ring (bicyclic) bond motifs is 1. The summed E-state index contributed by atoms with van der Waals surface area (Å²) in [6, 6.07) is 9.21. The van der Waals surface area contributed by atoms with Crippen molar-refractivity contribution in [3.8, 4) is 11.1 Å². The molecule has 166 valence electrons. The number of hydrogen-bond acceptors (Lipinski definition) is 6. The van der Waals surface area contributed by atoms with Crippen molar-refractivity contribution in [3.05, 3.63) is 54.2 Å². The van der Waals surface area contributed by atoms with Gasteiger partial charge in [0.25, 0.3) is 0 Å². The van der Waals surface area contributed by atoms with Crippen LogP contribution >= 0.6 is 0 Å². The van der Waals surface area contributed by atoms with Crippen molar-refractivity contribution in [2.24, 2.45) is 7.05 Å². The molecule has 0 spiro atoms. The normalized spacial score (nSPS) is 18.9. The third-order valence-corrected chi connectivity index (χ3v) is 6.01. The molecule has 3 N–H and O–H groups in total. The average Bonchev–Trinajstić information content (AvgIpc) is 3.34. The summed E-state index contributed by atoms with van der Waals surface area (Å²) in [5.41, 5.74) is 6.12. The van der Waals surface area contributed by atoms with Crippen molar-refractivity contribution in [1.82, 2.24) is 30.0 Å². The van der Waals surface area contributed by atoms with Crippen molar-refractivity contribution in [2.45, 2.75) is 39.4 Å². The zero-order valence-corrected chi connectivity index (χ0v) is 19.1. The molecule has 5 heterocycles. The first-order valence-electron chi connectivity index (χ1n) is 11.2. The van der Waals surface area contributed by atoms with Gasteiger partial charge in [-0.25, -0.2) is 9.97 Å². The Hall–Kier alpha value is -3.39. The van der Waals surface area contributed by atoms with Crippen LogP contribution in [-0.4, -0.2) is 49.9 Å². The molecule has 4 aromatic rings. The molecular weight excluding hydrogens is 400 g/mol. The van der Waals surface area contributed by atoms with Crippen LogP contribution in [0.25, 0.3) is 22.2 Å². The van der Waals surface area contributed by atoms with Gasteiger partial charge in [-0.15, -0.1) is 0 Å². The van der Waals surface area contributed by atoms with E-state index in [0.29, 0.717) is 18.6 Å². The van der Waals surface area contributed by atoms with Crippen molar-refractivity contribution in [1.29, 1.82) is 0 Å². The topological polar surface area (TPSA) is 86.7 Å². The number of aryl methyl sites for hydroxylation is 2. The van der Waals surface area contributed by atoms with Gasteiger partial charge in [0.1, 0.15) is 11.5 Å². The Kier molecular flexibility index (Phi) is 5.30. The minimum absolute atomic E-state index is 0.454. The van der Waals surface area contributed by atoms with E-state index in [2.05, 4.69) is 68.8 Å². The number of aromatic nitrogens is 5. The van der Waals surface area contributed by atoms with E-state index in [1.165, 1.54) is 0 Å². The van der Waals surface area contributed by atoms with E-state index in [-0.39, 0.29) is 0 Å². The van der Waals surface area contributed by atoms with Gasteiger partial charge >= 0.3 is 0 Å². The van der Waals surface area contributed by atoms with Gasteiger partial charge in [-0.05, 0) is 39.0 Å². The molecule has 2 atom stereocenters. The van der Waals surface area contributed by atoms with Gasteiger partial charge in [-0.3, -0.25) is 4.68 Å². The third kappa shape index (κ3) is 3.93. The van der Waals surface area contributed by atoms with Crippen LogP contribution in [0.2, 0.25) is 0 Å². The molecule has 0 amide bonds. The van der Waals surface area contributed by atoms with E-state index in [4.69, 9.17) is 4.98 Å². The van der Waals surface area contributed by atoms with Crippen LogP contribution in [-0.2, 0) is 13.6 Å². The summed E-state index contributed by atoms with van der Waals surface area (Å²) >= 11 is 0. The number of H-pyrrole nitrogens is 1. The van der Waals surface area contributed by atoms with E-state index in [0.717, 1.165) is 58.1 Å². The number of hydrogen-bond donors (Lipinski definition) is 3. The van der Waals surface area contributed by atoms with Gasteiger partial charge in [0.05, 0.1) is 17.9 Å². The quantitative estimate of drug-likeness (QED) is 0.450. The number of nitrogens with one attached hydrogen (secondary N) is 3. The minimum Gasteiger partial charge on any atom is -0.379 e. The molecule has 0 aliphatic carbocycles. The zero-order valence-electron chi connectivity index (χ0n) is 19.1. The number of aromatic amines is 1. The minimum atomic E-state index is 0.454. The maximum atomic E-state index is 4.95. The molecule has 0 saturated carbocycles. The van der Waals surface area contributed by atoms with Gasteiger partial charge in [0, 0.05) is 73.0 Å². The molecule has 0 aromatic carbocycles. The van der Waals surface area contributed by atoms with Gasteiger partial charge < -0.3 is 20.5 Å². The van der Waals surface area contributed by atoms with Gasteiger partial charge in [-0.2, -0.15) is 5.10 Å². The maximum Gasteiger partial charge on any atom is 0.139 e. The van der Waals surface area contributed by atoms with E-state index in [1.807, 2.05) is 37.1 Å². The predicted molar refractivity (Wildman–Crippen MR) is 129 cm³/mol. The summed E-state index contributed by atoms with van der Waals surface area (Å²) < 4.78 is 1.85. The molecule has 0 bridgehead atoms. The Labute approximate surface area is 188 Å². The number of anilines is 2. The van der Waals surface area contributed by atoms with Gasteiger partial charge in [0.15, 0.2) is 0 Å². The van der Waals surface area contributed by atoms with E-state index in [9.17, 15) is 0 Å². The van der Waals surface area contributed by atoms with Crippen molar-refractivity contribution >= 4 is 22.5 Å². The van der Waals surface area contributed by atoms with Crippen LogP contribution in [0.3, 0.4) is 0 Å². The van der Waals surface area contributed by atoms with E-state index in [1.54, 1.807) is 0 Å². The average molecular weight is 431 g/mol. The number of pyridine rings is 2.